The summed E-state index contributed by atoms with van der Waals surface area (Å²) in [6.45, 7) is 5.91. The van der Waals surface area contributed by atoms with E-state index in [4.69, 9.17) is 0 Å². The van der Waals surface area contributed by atoms with Gasteiger partial charge in [-0.15, -0.1) is 0 Å². The number of amidine groups is 1. The summed E-state index contributed by atoms with van der Waals surface area (Å²) < 4.78 is 0.820. The second kappa shape index (κ2) is 6.15. The van der Waals surface area contributed by atoms with Gasteiger partial charge in [0.05, 0.1) is 13.2 Å². The van der Waals surface area contributed by atoms with Crippen molar-refractivity contribution in [1.82, 2.24) is 0 Å². The zero-order valence-corrected chi connectivity index (χ0v) is 10.9. The Bertz CT molecular complexity index is 380. The van der Waals surface area contributed by atoms with Gasteiger partial charge in [-0.1, -0.05) is 30.3 Å². The topological polar surface area (TPSA) is 32.6 Å². The molecule has 0 fully saturated rings. The first-order chi connectivity index (χ1) is 7.77. The lowest BCUT2D eigenvalue weighted by Crippen LogP contribution is -3.00. The molecule has 0 spiro atoms. The highest BCUT2D eigenvalue weighted by Gasteiger charge is 2.34. The second-order valence-corrected chi connectivity index (χ2v) is 4.39. The van der Waals surface area contributed by atoms with E-state index in [0.717, 1.165) is 36.5 Å². The van der Waals surface area contributed by atoms with Crippen molar-refractivity contribution < 1.29 is 22.0 Å². The van der Waals surface area contributed by atoms with Crippen molar-refractivity contribution in [3.8, 4) is 0 Å². The fourth-order valence-electron chi connectivity index (χ4n) is 2.39. The molecule has 1 unspecified atom stereocenters. The van der Waals surface area contributed by atoms with Crippen LogP contribution in [0.25, 0.3) is 0 Å². The Kier molecular flexibility index (Phi) is 5.12. The first-order valence-corrected chi connectivity index (χ1v) is 5.79. The Labute approximate surface area is 109 Å². The van der Waals surface area contributed by atoms with E-state index in [2.05, 4.69) is 36.2 Å². The maximum Gasteiger partial charge on any atom is 0.195 e. The van der Waals surface area contributed by atoms with E-state index in [1.165, 1.54) is 5.56 Å². The van der Waals surface area contributed by atoms with Gasteiger partial charge in [-0.05, 0) is 0 Å². The average molecular weight is 255 g/mol. The molecule has 1 aliphatic heterocycles. The molecule has 4 heteroatoms. The summed E-state index contributed by atoms with van der Waals surface area (Å²) in [4.78, 5) is 4.48. The Morgan fingerprint density at radius 2 is 2.00 bits per heavy atom. The van der Waals surface area contributed by atoms with Crippen LogP contribution in [0.5, 0.6) is 0 Å². The van der Waals surface area contributed by atoms with Crippen LogP contribution in [0, 0.1) is 0 Å². The minimum Gasteiger partial charge on any atom is -1.00 e. The number of nitrogens with zero attached hydrogens (tertiary/aromatic N) is 2. The summed E-state index contributed by atoms with van der Waals surface area (Å²) in [6, 6.07) is 10.4. The summed E-state index contributed by atoms with van der Waals surface area (Å²) in [6.07, 6.45) is 0. The van der Waals surface area contributed by atoms with Crippen molar-refractivity contribution in [3.05, 3.63) is 35.9 Å². The molecule has 0 aromatic heterocycles. The quantitative estimate of drug-likeness (QED) is 0.648. The van der Waals surface area contributed by atoms with Gasteiger partial charge in [-0.25, -0.2) is 4.99 Å². The molecule has 94 valence electrons. The summed E-state index contributed by atoms with van der Waals surface area (Å²) in [5.41, 5.74) is 1.31. The monoisotopic (exact) mass is 254 g/mol. The molecule has 3 nitrogen and oxygen atoms in total. The Morgan fingerprint density at radius 1 is 1.29 bits per heavy atom. The first kappa shape index (κ1) is 14.2. The molecule has 0 aliphatic carbocycles. The zero-order valence-electron chi connectivity index (χ0n) is 10.1. The molecule has 0 amide bonds. The van der Waals surface area contributed by atoms with Gasteiger partial charge in [0, 0.05) is 12.5 Å². The van der Waals surface area contributed by atoms with E-state index in [1.807, 2.05) is 6.07 Å². The number of aliphatic hydroxyl groups excluding tert-OH is 1. The molecule has 1 atom stereocenters. The lowest BCUT2D eigenvalue weighted by Gasteiger charge is -2.33. The van der Waals surface area contributed by atoms with Crippen LogP contribution in [0.4, 0.5) is 0 Å². The lowest BCUT2D eigenvalue weighted by molar-refractivity contribution is -0.849. The Hall–Kier alpha value is -0.900. The van der Waals surface area contributed by atoms with Crippen molar-refractivity contribution >= 4 is 5.84 Å². The van der Waals surface area contributed by atoms with Gasteiger partial charge in [0.2, 0.25) is 0 Å². The molecule has 1 aromatic carbocycles. The highest BCUT2D eigenvalue weighted by molar-refractivity contribution is 5.74. The fourth-order valence-corrected chi connectivity index (χ4v) is 2.39. The van der Waals surface area contributed by atoms with Gasteiger partial charge < -0.3 is 17.5 Å². The number of halogens is 1. The van der Waals surface area contributed by atoms with E-state index < -0.39 is 0 Å². The predicted octanol–water partition coefficient (Wildman–Crippen LogP) is -1.57. The summed E-state index contributed by atoms with van der Waals surface area (Å²) in [5, 5.41) is 9.22. The van der Waals surface area contributed by atoms with Gasteiger partial charge in [-0.3, -0.25) is 4.48 Å². The van der Waals surface area contributed by atoms with Crippen LogP contribution in [0.3, 0.4) is 0 Å². The standard InChI is InChI=1S/C13H19N2O.ClH/c1-12-14-7-8-15(12,9-10-16)11-13-5-3-2-4-6-13;/h2-6,16H,7-11H2,1H3;1H/q+1;/p-1. The van der Waals surface area contributed by atoms with Crippen LogP contribution < -0.4 is 12.4 Å². The minimum absolute atomic E-state index is 0. The van der Waals surface area contributed by atoms with E-state index in [1.54, 1.807) is 0 Å². The van der Waals surface area contributed by atoms with Crippen LogP contribution in [-0.4, -0.2) is 41.7 Å². The molecule has 0 saturated carbocycles. The number of aliphatic imine (C=N–C) groups is 1. The number of quaternary nitrogens is 1. The van der Waals surface area contributed by atoms with Gasteiger partial charge in [0.1, 0.15) is 19.6 Å². The number of benzene rings is 1. The number of aliphatic hydroxyl groups is 1. The van der Waals surface area contributed by atoms with E-state index in [-0.39, 0.29) is 19.0 Å². The molecule has 0 bridgehead atoms. The molecule has 0 saturated heterocycles. The summed E-state index contributed by atoms with van der Waals surface area (Å²) in [7, 11) is 0. The maximum absolute atomic E-state index is 9.22. The minimum atomic E-state index is 0. The largest absolute Gasteiger partial charge is 1.00 e. The van der Waals surface area contributed by atoms with Crippen molar-refractivity contribution in [3.63, 3.8) is 0 Å². The van der Waals surface area contributed by atoms with Crippen molar-refractivity contribution in [2.75, 3.05) is 26.2 Å². The maximum atomic E-state index is 9.22. The highest BCUT2D eigenvalue weighted by atomic mass is 35.5. The first-order valence-electron chi connectivity index (χ1n) is 5.79. The summed E-state index contributed by atoms with van der Waals surface area (Å²) >= 11 is 0. The SMILES string of the molecule is CC1=NCC[N+]1(CCO)Cc1ccccc1.[Cl-]. The van der Waals surface area contributed by atoms with E-state index in [0.29, 0.717) is 0 Å². The highest BCUT2D eigenvalue weighted by Crippen LogP contribution is 2.19. The molecular weight excluding hydrogens is 236 g/mol. The normalized spacial score (nSPS) is 23.1. The van der Waals surface area contributed by atoms with Crippen LogP contribution in [0.15, 0.2) is 35.3 Å². The lowest BCUT2D eigenvalue weighted by atomic mass is 10.2. The third-order valence-electron chi connectivity index (χ3n) is 3.41. The summed E-state index contributed by atoms with van der Waals surface area (Å²) in [5.74, 6) is 1.15. The fraction of sp³-hybridized carbons (Fsp3) is 0.462. The molecular formula is C13H19ClN2O. The zero-order chi connectivity index (χ0) is 11.4. The molecule has 1 aliphatic rings. The van der Waals surface area contributed by atoms with Gasteiger partial charge in [0.15, 0.2) is 5.84 Å². The third-order valence-corrected chi connectivity index (χ3v) is 3.41. The molecule has 1 N–H and O–H groups in total. The van der Waals surface area contributed by atoms with Crippen LogP contribution in [0.1, 0.15) is 12.5 Å². The smallest absolute Gasteiger partial charge is 0.195 e. The second-order valence-electron chi connectivity index (χ2n) is 4.39. The average Bonchev–Trinajstić information content (AvgIpc) is 2.62. The van der Waals surface area contributed by atoms with Crippen LogP contribution in [0.2, 0.25) is 0 Å². The van der Waals surface area contributed by atoms with Gasteiger partial charge in [-0.2, -0.15) is 0 Å². The molecule has 17 heavy (non-hydrogen) atoms. The van der Waals surface area contributed by atoms with Crippen LogP contribution >= 0.6 is 0 Å². The van der Waals surface area contributed by atoms with E-state index in [9.17, 15) is 5.11 Å². The molecule has 1 heterocycles. The molecule has 2 rings (SSSR count). The molecule has 1 aromatic rings. The number of hydrogen-bond acceptors (Lipinski definition) is 2. The Balaban J connectivity index is 0.00000144. The van der Waals surface area contributed by atoms with Gasteiger partial charge in [0.25, 0.3) is 0 Å². The van der Waals surface area contributed by atoms with Crippen molar-refractivity contribution in [2.45, 2.75) is 13.5 Å². The van der Waals surface area contributed by atoms with Crippen molar-refractivity contribution in [1.29, 1.82) is 0 Å². The van der Waals surface area contributed by atoms with E-state index >= 15 is 0 Å². The number of rotatable bonds is 4. The van der Waals surface area contributed by atoms with Gasteiger partial charge >= 0.3 is 0 Å². The van der Waals surface area contributed by atoms with Crippen LogP contribution in [-0.2, 0) is 6.54 Å². The Morgan fingerprint density at radius 3 is 2.53 bits per heavy atom. The predicted molar refractivity (Wildman–Crippen MR) is 65.2 cm³/mol. The number of hydrogen-bond donors (Lipinski definition) is 1. The van der Waals surface area contributed by atoms with Crippen molar-refractivity contribution in [2.24, 2.45) is 4.99 Å². The third kappa shape index (κ3) is 3.06. The molecule has 0 radical (unpaired) electrons.